The number of hydrogen-bond acceptors (Lipinski definition) is 3. The first-order valence-electron chi connectivity index (χ1n) is 8.36. The Morgan fingerprint density at radius 1 is 1.36 bits per heavy atom. The van der Waals surface area contributed by atoms with E-state index >= 15 is 0 Å². The minimum absolute atomic E-state index is 0.0103. The van der Waals surface area contributed by atoms with E-state index in [9.17, 15) is 9.18 Å². The highest BCUT2D eigenvalue weighted by molar-refractivity contribution is 5.72. The summed E-state index contributed by atoms with van der Waals surface area (Å²) in [5, 5.41) is 0. The molecule has 3 nitrogen and oxygen atoms in total. The quantitative estimate of drug-likeness (QED) is 0.598. The molecule has 1 saturated carbocycles. The van der Waals surface area contributed by atoms with Crippen LogP contribution in [0.3, 0.4) is 0 Å². The lowest BCUT2D eigenvalue weighted by Crippen LogP contribution is -2.28. The van der Waals surface area contributed by atoms with Gasteiger partial charge in [0.15, 0.2) is 0 Å². The van der Waals surface area contributed by atoms with Gasteiger partial charge in [-0.3, -0.25) is 4.79 Å². The van der Waals surface area contributed by atoms with Crippen molar-refractivity contribution >= 4 is 5.97 Å². The van der Waals surface area contributed by atoms with Gasteiger partial charge < -0.3 is 4.74 Å². The molecule has 1 aromatic rings. The summed E-state index contributed by atoms with van der Waals surface area (Å²) in [5.41, 5.74) is 1.75. The van der Waals surface area contributed by atoms with Crippen LogP contribution in [-0.2, 0) is 9.53 Å². The number of esters is 1. The first kappa shape index (κ1) is 16.9. The third kappa shape index (κ3) is 3.65. The fraction of sp³-hybridized carbons (Fsp3) is 0.667. The molecular weight excluding hydrogens is 281 g/mol. The van der Waals surface area contributed by atoms with E-state index in [1.165, 1.54) is 0 Å². The van der Waals surface area contributed by atoms with Crippen molar-refractivity contribution in [2.24, 2.45) is 11.8 Å². The zero-order chi connectivity index (χ0) is 16.1. The molecule has 1 heterocycles. The van der Waals surface area contributed by atoms with E-state index in [2.05, 4.69) is 11.9 Å². The molecule has 0 aliphatic heterocycles. The number of nitrogens with zero attached hydrogens (tertiary/aromatic N) is 1. The van der Waals surface area contributed by atoms with Gasteiger partial charge in [0.25, 0.3) is 0 Å². The second-order valence-electron chi connectivity index (χ2n) is 6.19. The zero-order valence-electron chi connectivity index (χ0n) is 13.8. The molecule has 0 N–H and O–H groups in total. The smallest absolute Gasteiger partial charge is 0.309 e. The Bertz CT molecular complexity index is 510. The van der Waals surface area contributed by atoms with Gasteiger partial charge in [0.1, 0.15) is 0 Å². The van der Waals surface area contributed by atoms with Gasteiger partial charge in [-0.2, -0.15) is 4.39 Å². The number of rotatable bonds is 5. The fourth-order valence-corrected chi connectivity index (χ4v) is 3.74. The number of halogens is 1. The number of hydrogen-bond donors (Lipinski definition) is 0. The zero-order valence-corrected chi connectivity index (χ0v) is 13.8. The van der Waals surface area contributed by atoms with Gasteiger partial charge in [0.2, 0.25) is 5.95 Å². The second-order valence-corrected chi connectivity index (χ2v) is 6.19. The van der Waals surface area contributed by atoms with E-state index in [-0.39, 0.29) is 17.8 Å². The molecule has 22 heavy (non-hydrogen) atoms. The Labute approximate surface area is 132 Å². The Hall–Kier alpha value is -1.45. The van der Waals surface area contributed by atoms with Gasteiger partial charge in [-0.05, 0) is 69.4 Å². The molecule has 1 unspecified atom stereocenters. The Kier molecular flexibility index (Phi) is 5.92. The predicted octanol–water partition coefficient (Wildman–Crippen LogP) is 4.39. The molecule has 0 radical (unpaired) electrons. The normalized spacial score (nSPS) is 23.1. The average molecular weight is 307 g/mol. The van der Waals surface area contributed by atoms with E-state index < -0.39 is 0 Å². The molecule has 2 rings (SSSR count). The summed E-state index contributed by atoms with van der Waals surface area (Å²) in [4.78, 5) is 15.8. The van der Waals surface area contributed by atoms with Crippen LogP contribution in [-0.4, -0.2) is 17.6 Å². The summed E-state index contributed by atoms with van der Waals surface area (Å²) in [6, 6.07) is 1.94. The van der Waals surface area contributed by atoms with Crippen LogP contribution in [0.2, 0.25) is 0 Å². The first-order chi connectivity index (χ1) is 10.6. The van der Waals surface area contributed by atoms with Crippen molar-refractivity contribution < 1.29 is 13.9 Å². The topological polar surface area (TPSA) is 39.2 Å². The van der Waals surface area contributed by atoms with Crippen molar-refractivity contribution in [3.63, 3.8) is 0 Å². The highest BCUT2D eigenvalue weighted by Crippen LogP contribution is 2.40. The highest BCUT2D eigenvalue weighted by Gasteiger charge is 2.32. The van der Waals surface area contributed by atoms with Gasteiger partial charge >= 0.3 is 5.97 Å². The minimum Gasteiger partial charge on any atom is -0.466 e. The van der Waals surface area contributed by atoms with Crippen molar-refractivity contribution in [3.05, 3.63) is 29.3 Å². The largest absolute Gasteiger partial charge is 0.466 e. The fourth-order valence-electron chi connectivity index (χ4n) is 3.74. The van der Waals surface area contributed by atoms with Crippen LogP contribution in [0.15, 0.2) is 12.3 Å². The summed E-state index contributed by atoms with van der Waals surface area (Å²) in [7, 11) is 0. The molecule has 1 fully saturated rings. The molecule has 0 saturated heterocycles. The lowest BCUT2D eigenvalue weighted by Gasteiger charge is -2.33. The van der Waals surface area contributed by atoms with Crippen LogP contribution in [0.5, 0.6) is 0 Å². The van der Waals surface area contributed by atoms with E-state index in [4.69, 9.17) is 4.74 Å². The molecule has 1 atom stereocenters. The van der Waals surface area contributed by atoms with Crippen LogP contribution in [0.4, 0.5) is 4.39 Å². The van der Waals surface area contributed by atoms with Crippen LogP contribution in [0.1, 0.15) is 63.0 Å². The lowest BCUT2D eigenvalue weighted by molar-refractivity contribution is -0.150. The number of carbonyl (C=O) groups excluding carboxylic acids is 1. The van der Waals surface area contributed by atoms with Gasteiger partial charge in [0, 0.05) is 11.8 Å². The van der Waals surface area contributed by atoms with Crippen LogP contribution >= 0.6 is 0 Å². The summed E-state index contributed by atoms with van der Waals surface area (Å²) in [5.74, 6) is 0.370. The molecular formula is C18H26FNO2. The van der Waals surface area contributed by atoms with Gasteiger partial charge in [0.05, 0.1) is 12.5 Å². The predicted molar refractivity (Wildman–Crippen MR) is 84.0 cm³/mol. The summed E-state index contributed by atoms with van der Waals surface area (Å²) in [6.45, 7) is 6.15. The number of ether oxygens (including phenoxy) is 1. The monoisotopic (exact) mass is 307 g/mol. The molecule has 4 heteroatoms. The number of pyridine rings is 1. The third-order valence-corrected chi connectivity index (χ3v) is 4.99. The lowest BCUT2D eigenvalue weighted by atomic mass is 9.72. The van der Waals surface area contributed by atoms with Crippen LogP contribution in [0, 0.1) is 24.7 Å². The van der Waals surface area contributed by atoms with Crippen molar-refractivity contribution in [2.75, 3.05) is 6.61 Å². The second kappa shape index (κ2) is 7.70. The molecule has 1 aromatic heterocycles. The molecule has 0 aromatic carbocycles. The van der Waals surface area contributed by atoms with Crippen molar-refractivity contribution in [1.29, 1.82) is 0 Å². The molecule has 122 valence electrons. The maximum atomic E-state index is 13.6. The first-order valence-corrected chi connectivity index (χ1v) is 8.36. The summed E-state index contributed by atoms with van der Waals surface area (Å²) in [6.07, 6.45) is 6.40. The Morgan fingerprint density at radius 2 is 2.05 bits per heavy atom. The number of carbonyl (C=O) groups is 1. The molecule has 1 aliphatic rings. The molecule has 1 aliphatic carbocycles. The van der Waals surface area contributed by atoms with E-state index in [0.717, 1.165) is 37.7 Å². The Balaban J connectivity index is 2.00. The molecule has 0 bridgehead atoms. The maximum absolute atomic E-state index is 13.6. The van der Waals surface area contributed by atoms with E-state index in [1.54, 1.807) is 13.1 Å². The summed E-state index contributed by atoms with van der Waals surface area (Å²) < 4.78 is 18.8. The standard InChI is InChI=1S/C18H26FNO2/c1-4-15(18(21)22-5-2)13-6-8-14(9-7-13)16-10-11-20-17(19)12(16)3/h10-11,13-15H,4-9H2,1-3H3. The van der Waals surface area contributed by atoms with Crippen molar-refractivity contribution in [1.82, 2.24) is 4.98 Å². The van der Waals surface area contributed by atoms with Crippen molar-refractivity contribution in [2.45, 2.75) is 58.8 Å². The average Bonchev–Trinajstić information content (AvgIpc) is 2.52. The molecule has 0 spiro atoms. The van der Waals surface area contributed by atoms with Gasteiger partial charge in [-0.25, -0.2) is 4.98 Å². The maximum Gasteiger partial charge on any atom is 0.309 e. The van der Waals surface area contributed by atoms with Gasteiger partial charge in [-0.1, -0.05) is 6.92 Å². The minimum atomic E-state index is -0.363. The Morgan fingerprint density at radius 3 is 2.64 bits per heavy atom. The van der Waals surface area contributed by atoms with E-state index in [0.29, 0.717) is 24.0 Å². The third-order valence-electron chi connectivity index (χ3n) is 4.99. The van der Waals surface area contributed by atoms with Crippen molar-refractivity contribution in [3.8, 4) is 0 Å². The molecule has 0 amide bonds. The number of aromatic nitrogens is 1. The van der Waals surface area contributed by atoms with Crippen LogP contribution < -0.4 is 0 Å². The van der Waals surface area contributed by atoms with Gasteiger partial charge in [-0.15, -0.1) is 0 Å². The highest BCUT2D eigenvalue weighted by atomic mass is 19.1. The SMILES string of the molecule is CCOC(=O)C(CC)C1CCC(c2ccnc(F)c2C)CC1. The summed E-state index contributed by atoms with van der Waals surface area (Å²) >= 11 is 0. The van der Waals surface area contributed by atoms with E-state index in [1.807, 2.05) is 13.0 Å². The van der Waals surface area contributed by atoms with Crippen LogP contribution in [0.25, 0.3) is 0 Å².